The fourth-order valence-corrected chi connectivity index (χ4v) is 14.1. The van der Waals surface area contributed by atoms with Crippen LogP contribution in [0, 0.1) is 57.9 Å². The molecular weight excluding hydrogens is 1580 g/mol. The van der Waals surface area contributed by atoms with Gasteiger partial charge in [-0.1, -0.05) is 137 Å². The van der Waals surface area contributed by atoms with E-state index in [-0.39, 0.29) is 79.0 Å². The Kier molecular flexibility index (Phi) is 41.9. The van der Waals surface area contributed by atoms with Crippen LogP contribution in [-0.2, 0) is 32.7 Å². The van der Waals surface area contributed by atoms with Crippen LogP contribution in [0.3, 0.4) is 0 Å². The van der Waals surface area contributed by atoms with E-state index >= 15 is 0 Å². The molecule has 0 aliphatic carbocycles. The molecule has 1 aliphatic heterocycles. The number of aromatic nitrogens is 10. The summed E-state index contributed by atoms with van der Waals surface area (Å²) in [6.07, 6.45) is 4.55. The third kappa shape index (κ3) is 32.3. The van der Waals surface area contributed by atoms with E-state index in [1.54, 1.807) is 123 Å². The average molecular weight is 1700 g/mol. The second-order valence-corrected chi connectivity index (χ2v) is 31.4. The van der Waals surface area contributed by atoms with Crippen LogP contribution in [-0.4, -0.2) is 248 Å². The summed E-state index contributed by atoms with van der Waals surface area (Å²) in [7, 11) is 0. The maximum atomic E-state index is 14.1. The maximum Gasteiger partial charge on any atom is 0.274 e. The number of halogens is 5. The van der Waals surface area contributed by atoms with Gasteiger partial charge in [-0.15, -0.1) is 0 Å². The van der Waals surface area contributed by atoms with E-state index in [9.17, 15) is 41.5 Å². The minimum absolute atomic E-state index is 0.0774. The number of aryl methyl sites for hydroxylation is 5. The standard InChI is InChI=1S/2C20H29FN4O.C18H25ClN4O.C18H23FN4O.C16H21FN4O/c1-14(2)25(15(3)4)11-10-24(13-17-8-6-7-9-18(17)21)20(26)19-12-16(5)22-23-19;1-4-10-24(11-5-2)12-13-25(15-17-8-6-7-9-18(17)21)20(26)19-14-16(3)22-23-19;1-4-22(5-2)10-11-23(13-15-8-6-7-9-16(15)19)18(24)17-12-14(3)20-21-17;1-14-12-17(21-20-14)18(24)23(11-10-22-8-4-5-9-22)13-15-6-2-3-7-16(15)19;1-3-18-8-9-21(11-13-6-4-5-7-14(13)17)16(22)15-10-12(2)19-20-15/h6-9,12,14-15H,10-11,13H2,1-5H3,(H,22,23);6-9,14H,4-5,10-13,15H2,1-3H3,(H,22,23);6-9,12H,4-5,10-11,13H2,1-3H3,(H,20,21);2-3,6-7,12H,4-5,8-11,13H2,1H3,(H,20,21);4-7,10,18H,3,8-9,11H2,1-2H3,(H,19,20). The molecule has 11 rings (SSSR count). The number of carbonyl (C=O) groups excluding carboxylic acids is 5. The van der Waals surface area contributed by atoms with Gasteiger partial charge in [0.1, 0.15) is 51.7 Å². The lowest BCUT2D eigenvalue weighted by atomic mass is 10.1. The summed E-state index contributed by atoms with van der Waals surface area (Å²) in [5.41, 5.74) is 9.09. The number of hydrogen-bond donors (Lipinski definition) is 6. The van der Waals surface area contributed by atoms with Gasteiger partial charge in [-0.3, -0.25) is 54.4 Å². The first kappa shape index (κ1) is 98.4. The van der Waals surface area contributed by atoms with Crippen molar-refractivity contribution in [2.24, 2.45) is 0 Å². The number of benzene rings is 5. The molecule has 1 saturated heterocycles. The minimum atomic E-state index is -0.304. The third-order valence-corrected chi connectivity index (χ3v) is 21.0. The van der Waals surface area contributed by atoms with E-state index in [4.69, 9.17) is 11.6 Å². The number of likely N-dealkylation sites (tertiary alicyclic amines) is 1. The molecule has 6 N–H and O–H groups in total. The summed E-state index contributed by atoms with van der Waals surface area (Å²) < 4.78 is 56.0. The van der Waals surface area contributed by atoms with Gasteiger partial charge in [-0.25, -0.2) is 17.6 Å². The van der Waals surface area contributed by atoms with Gasteiger partial charge in [0.25, 0.3) is 29.5 Å². The van der Waals surface area contributed by atoms with E-state index < -0.39 is 0 Å². The number of amides is 5. The second-order valence-electron chi connectivity index (χ2n) is 31.0. The zero-order valence-electron chi connectivity index (χ0n) is 73.7. The van der Waals surface area contributed by atoms with Crippen LogP contribution >= 0.6 is 11.6 Å². The Morgan fingerprint density at radius 1 is 0.385 bits per heavy atom. The zero-order valence-corrected chi connectivity index (χ0v) is 74.4. The van der Waals surface area contributed by atoms with Gasteiger partial charge in [0.15, 0.2) is 0 Å². The number of likely N-dealkylation sites (N-methyl/N-ethyl adjacent to an activating group) is 2. The Labute approximate surface area is 722 Å². The molecule has 0 bridgehead atoms. The molecular formula is C92H127ClF4N20O5. The first-order valence-electron chi connectivity index (χ1n) is 42.5. The smallest absolute Gasteiger partial charge is 0.274 e. The van der Waals surface area contributed by atoms with Gasteiger partial charge in [0.2, 0.25) is 0 Å². The van der Waals surface area contributed by atoms with Gasteiger partial charge in [-0.05, 0) is 200 Å². The molecule has 0 atom stereocenters. The molecule has 6 heterocycles. The van der Waals surface area contributed by atoms with Crippen LogP contribution in [0.5, 0.6) is 0 Å². The Bertz CT molecular complexity index is 4660. The number of H-pyrrole nitrogens is 5. The van der Waals surface area contributed by atoms with E-state index in [0.29, 0.717) is 114 Å². The van der Waals surface area contributed by atoms with E-state index in [1.165, 1.54) is 37.1 Å². The summed E-state index contributed by atoms with van der Waals surface area (Å²) >= 11 is 6.27. The number of carbonyl (C=O) groups is 5. The normalized spacial score (nSPS) is 11.9. The van der Waals surface area contributed by atoms with Crippen LogP contribution in [0.15, 0.2) is 152 Å². The van der Waals surface area contributed by atoms with Crippen LogP contribution in [0.1, 0.15) is 197 Å². The molecule has 660 valence electrons. The number of rotatable bonds is 39. The number of nitrogens with zero attached hydrogens (tertiary/aromatic N) is 14. The molecule has 1 aliphatic rings. The predicted molar refractivity (Wildman–Crippen MR) is 473 cm³/mol. The van der Waals surface area contributed by atoms with Crippen LogP contribution in [0.4, 0.5) is 17.6 Å². The molecule has 5 aromatic carbocycles. The zero-order chi connectivity index (χ0) is 88.6. The number of nitrogens with one attached hydrogen (secondary N) is 6. The van der Waals surface area contributed by atoms with Crippen molar-refractivity contribution < 1.29 is 41.5 Å². The molecule has 30 heteroatoms. The summed E-state index contributed by atoms with van der Waals surface area (Å²) in [5.74, 6) is -1.98. The van der Waals surface area contributed by atoms with Crippen molar-refractivity contribution in [2.75, 3.05) is 111 Å². The monoisotopic (exact) mass is 1700 g/mol. The third-order valence-electron chi connectivity index (χ3n) is 20.7. The van der Waals surface area contributed by atoms with Crippen molar-refractivity contribution in [1.29, 1.82) is 0 Å². The van der Waals surface area contributed by atoms with Gasteiger partial charge in [0, 0.05) is 166 Å². The summed E-state index contributed by atoms with van der Waals surface area (Å²) in [6, 6.07) is 43.3. The molecule has 5 amide bonds. The molecule has 10 aromatic rings. The molecule has 0 radical (unpaired) electrons. The second kappa shape index (κ2) is 51.9. The Morgan fingerprint density at radius 2 is 0.672 bits per heavy atom. The Hall–Kier alpha value is -10.7. The summed E-state index contributed by atoms with van der Waals surface area (Å²) in [5, 5.41) is 38.2. The topological polar surface area (TPSA) is 270 Å². The Balaban J connectivity index is 0.000000210. The van der Waals surface area contributed by atoms with Crippen molar-refractivity contribution in [2.45, 2.75) is 167 Å². The van der Waals surface area contributed by atoms with Gasteiger partial charge in [-0.2, -0.15) is 25.5 Å². The molecule has 1 fully saturated rings. The SMILES string of the molecule is CCCN(CCC)CCN(Cc1ccccc1F)C(=O)c1cc(C)[nH]n1.CCN(CC)CCN(Cc1ccccc1Cl)C(=O)c1cc(C)[nH]n1.CCNCCN(Cc1ccccc1F)C(=O)c1cc(C)[nH]n1.Cc1cc(C(=O)N(CCN(C(C)C)C(C)C)Cc2ccccc2F)n[nH]1.Cc1cc(C(=O)N(CCN2CCCC2)Cc2ccccc2F)n[nH]1. The summed E-state index contributed by atoms with van der Waals surface area (Å²) in [6.45, 7) is 43.2. The molecule has 0 unspecified atom stereocenters. The van der Waals surface area contributed by atoms with Crippen molar-refractivity contribution in [3.63, 3.8) is 0 Å². The fourth-order valence-electron chi connectivity index (χ4n) is 13.9. The first-order chi connectivity index (χ1) is 58.6. The average Bonchev–Trinajstić information content (AvgIpc) is 1.62. The summed E-state index contributed by atoms with van der Waals surface area (Å²) in [4.78, 5) is 81.8. The molecule has 25 nitrogen and oxygen atoms in total. The van der Waals surface area contributed by atoms with E-state index in [1.807, 2.05) is 70.7 Å². The highest BCUT2D eigenvalue weighted by Crippen LogP contribution is 2.22. The largest absolute Gasteiger partial charge is 0.332 e. The van der Waals surface area contributed by atoms with Crippen molar-refractivity contribution in [3.8, 4) is 0 Å². The highest BCUT2D eigenvalue weighted by molar-refractivity contribution is 6.31. The molecule has 122 heavy (non-hydrogen) atoms. The Morgan fingerprint density at radius 3 is 0.959 bits per heavy atom. The van der Waals surface area contributed by atoms with E-state index in [0.717, 1.165) is 119 Å². The van der Waals surface area contributed by atoms with E-state index in [2.05, 4.69) is 131 Å². The van der Waals surface area contributed by atoms with Crippen molar-refractivity contribution in [1.82, 2.24) is 100 Å². The highest BCUT2D eigenvalue weighted by Gasteiger charge is 2.28. The lowest BCUT2D eigenvalue weighted by molar-refractivity contribution is 0.0683. The van der Waals surface area contributed by atoms with Crippen LogP contribution < -0.4 is 5.32 Å². The van der Waals surface area contributed by atoms with Crippen LogP contribution in [0.2, 0.25) is 5.02 Å². The van der Waals surface area contributed by atoms with Gasteiger partial charge in [0.05, 0.1) is 0 Å². The van der Waals surface area contributed by atoms with Gasteiger partial charge >= 0.3 is 0 Å². The fraction of sp³-hybridized carbons (Fsp3) is 0.457. The lowest BCUT2D eigenvalue weighted by Crippen LogP contribution is -2.44. The van der Waals surface area contributed by atoms with Gasteiger partial charge < -0.3 is 44.5 Å². The van der Waals surface area contributed by atoms with Crippen LogP contribution in [0.25, 0.3) is 0 Å². The quantitative estimate of drug-likeness (QED) is 0.0154. The first-order valence-corrected chi connectivity index (χ1v) is 42.9. The molecule has 5 aromatic heterocycles. The maximum absolute atomic E-state index is 14.1. The minimum Gasteiger partial charge on any atom is -0.332 e. The number of aromatic amines is 5. The molecule has 0 saturated carbocycles. The molecule has 0 spiro atoms. The number of hydrogen-bond acceptors (Lipinski definition) is 15. The van der Waals surface area contributed by atoms with Crippen molar-refractivity contribution >= 4 is 41.1 Å². The predicted octanol–water partition coefficient (Wildman–Crippen LogP) is 15.3. The highest BCUT2D eigenvalue weighted by atomic mass is 35.5. The lowest BCUT2D eigenvalue weighted by Gasteiger charge is -2.33. The van der Waals surface area contributed by atoms with Crippen molar-refractivity contribution in [3.05, 3.63) is 265 Å².